The Morgan fingerprint density at radius 3 is 2.56 bits per heavy atom. The molecule has 1 saturated heterocycles. The first-order chi connectivity index (χ1) is 13.3. The van der Waals surface area contributed by atoms with Gasteiger partial charge in [0.05, 0.1) is 37.8 Å². The van der Waals surface area contributed by atoms with Crippen LogP contribution in [0.15, 0.2) is 41.6 Å². The van der Waals surface area contributed by atoms with Crippen LogP contribution in [0.5, 0.6) is 11.5 Å². The van der Waals surface area contributed by atoms with E-state index in [4.69, 9.17) is 19.6 Å². The summed E-state index contributed by atoms with van der Waals surface area (Å²) in [6, 6.07) is 13.3. The van der Waals surface area contributed by atoms with Gasteiger partial charge in [-0.3, -0.25) is 0 Å². The normalized spacial score (nSPS) is 13.6. The van der Waals surface area contributed by atoms with Crippen LogP contribution < -0.4 is 14.4 Å². The van der Waals surface area contributed by atoms with Crippen LogP contribution in [0.4, 0.5) is 5.69 Å². The maximum Gasteiger partial charge on any atom is 0.143 e. The van der Waals surface area contributed by atoms with Crippen LogP contribution in [0.2, 0.25) is 0 Å². The van der Waals surface area contributed by atoms with Crippen LogP contribution in [-0.4, -0.2) is 33.5 Å². The highest BCUT2D eigenvalue weighted by atomic mass is 16.6. The number of methoxy groups -OCH3 is 2. The van der Waals surface area contributed by atoms with Gasteiger partial charge in [-0.2, -0.15) is 5.26 Å². The zero-order valence-electron chi connectivity index (χ0n) is 15.6. The van der Waals surface area contributed by atoms with Crippen molar-refractivity contribution in [2.24, 2.45) is 5.16 Å². The second kappa shape index (κ2) is 8.95. The molecule has 140 valence electrons. The Balaban J connectivity index is 1.75. The largest absolute Gasteiger partial charge is 0.496 e. The highest BCUT2D eigenvalue weighted by molar-refractivity contribution is 5.86. The van der Waals surface area contributed by atoms with Gasteiger partial charge in [0.1, 0.15) is 18.1 Å². The summed E-state index contributed by atoms with van der Waals surface area (Å²) >= 11 is 0. The molecule has 2 aromatic rings. The Bertz CT molecular complexity index is 852. The van der Waals surface area contributed by atoms with Crippen molar-refractivity contribution in [3.8, 4) is 17.6 Å². The number of rotatable bonds is 7. The average molecular weight is 365 g/mol. The van der Waals surface area contributed by atoms with Crippen LogP contribution in [0.3, 0.4) is 0 Å². The summed E-state index contributed by atoms with van der Waals surface area (Å²) in [5.74, 6) is 1.50. The minimum Gasteiger partial charge on any atom is -0.496 e. The highest BCUT2D eigenvalue weighted by Crippen LogP contribution is 2.36. The van der Waals surface area contributed by atoms with E-state index in [1.807, 2.05) is 30.3 Å². The van der Waals surface area contributed by atoms with Crippen LogP contribution in [0.1, 0.15) is 29.5 Å². The second-order valence-electron chi connectivity index (χ2n) is 6.24. The number of nitrogens with zero attached hydrogens (tertiary/aromatic N) is 3. The van der Waals surface area contributed by atoms with Crippen LogP contribution in [0, 0.1) is 11.3 Å². The maximum absolute atomic E-state index is 9.12. The van der Waals surface area contributed by atoms with Crippen molar-refractivity contribution in [3.05, 3.63) is 53.1 Å². The summed E-state index contributed by atoms with van der Waals surface area (Å²) in [5.41, 5.74) is 3.19. The minimum absolute atomic E-state index is 0.228. The third kappa shape index (κ3) is 4.32. The average Bonchev–Trinajstić information content (AvgIpc) is 3.25. The SMILES string of the molecule is COc1cc(N2CCCC2)c(OC)cc1/C=N\OCc1ccccc1C#N. The fourth-order valence-corrected chi connectivity index (χ4v) is 3.17. The molecule has 1 aliphatic rings. The van der Waals surface area contributed by atoms with Crippen LogP contribution in [0.25, 0.3) is 0 Å². The van der Waals surface area contributed by atoms with Gasteiger partial charge in [-0.05, 0) is 25.0 Å². The molecule has 0 spiro atoms. The number of anilines is 1. The van der Waals surface area contributed by atoms with Crippen molar-refractivity contribution in [2.75, 3.05) is 32.2 Å². The first-order valence-corrected chi connectivity index (χ1v) is 8.91. The standard InChI is InChI=1S/C21H23N3O3/c1-25-20-12-19(24-9-5-6-10-24)21(26-2)11-18(20)14-23-27-15-17-8-4-3-7-16(17)13-22/h3-4,7-8,11-12,14H,5-6,9-10,15H2,1-2H3/b23-14-. The molecule has 0 radical (unpaired) electrons. The molecule has 0 unspecified atom stereocenters. The molecule has 0 bridgehead atoms. The van der Waals surface area contributed by atoms with Crippen molar-refractivity contribution < 1.29 is 14.3 Å². The second-order valence-corrected chi connectivity index (χ2v) is 6.24. The topological polar surface area (TPSA) is 67.1 Å². The number of ether oxygens (including phenoxy) is 2. The van der Waals surface area contributed by atoms with E-state index in [2.05, 4.69) is 16.1 Å². The van der Waals surface area contributed by atoms with Crippen molar-refractivity contribution >= 4 is 11.9 Å². The predicted octanol–water partition coefficient (Wildman–Crippen LogP) is 3.73. The molecule has 0 aromatic heterocycles. The molecule has 6 heteroatoms. The Labute approximate surface area is 159 Å². The van der Waals surface area contributed by atoms with Gasteiger partial charge in [-0.1, -0.05) is 23.4 Å². The number of nitriles is 1. The van der Waals surface area contributed by atoms with E-state index in [1.165, 1.54) is 12.8 Å². The Hall–Kier alpha value is -3.20. The molecule has 1 heterocycles. The Kier molecular flexibility index (Phi) is 6.16. The molecule has 2 aromatic carbocycles. The lowest BCUT2D eigenvalue weighted by Crippen LogP contribution is -2.18. The fraction of sp³-hybridized carbons (Fsp3) is 0.333. The smallest absolute Gasteiger partial charge is 0.143 e. The molecule has 1 fully saturated rings. The van der Waals surface area contributed by atoms with Gasteiger partial charge in [0.15, 0.2) is 0 Å². The van der Waals surface area contributed by atoms with E-state index in [1.54, 1.807) is 26.5 Å². The first-order valence-electron chi connectivity index (χ1n) is 8.91. The molecular weight excluding hydrogens is 342 g/mol. The van der Waals surface area contributed by atoms with E-state index in [0.29, 0.717) is 11.3 Å². The van der Waals surface area contributed by atoms with Gasteiger partial charge >= 0.3 is 0 Å². The van der Waals surface area contributed by atoms with Crippen LogP contribution >= 0.6 is 0 Å². The van der Waals surface area contributed by atoms with E-state index in [0.717, 1.165) is 35.7 Å². The molecule has 0 aliphatic carbocycles. The molecule has 0 amide bonds. The predicted molar refractivity (Wildman–Crippen MR) is 105 cm³/mol. The lowest BCUT2D eigenvalue weighted by atomic mass is 10.1. The van der Waals surface area contributed by atoms with E-state index >= 15 is 0 Å². The number of hydrogen-bond acceptors (Lipinski definition) is 6. The fourth-order valence-electron chi connectivity index (χ4n) is 3.17. The highest BCUT2D eigenvalue weighted by Gasteiger charge is 2.19. The van der Waals surface area contributed by atoms with Crippen molar-refractivity contribution in [3.63, 3.8) is 0 Å². The molecule has 0 atom stereocenters. The van der Waals surface area contributed by atoms with Gasteiger partial charge in [-0.25, -0.2) is 0 Å². The van der Waals surface area contributed by atoms with Gasteiger partial charge < -0.3 is 19.2 Å². The molecule has 3 rings (SSSR count). The van der Waals surface area contributed by atoms with Crippen molar-refractivity contribution in [2.45, 2.75) is 19.4 Å². The van der Waals surface area contributed by atoms with E-state index < -0.39 is 0 Å². The number of benzene rings is 2. The summed E-state index contributed by atoms with van der Waals surface area (Å²) in [6.07, 6.45) is 3.98. The summed E-state index contributed by atoms with van der Waals surface area (Å²) in [7, 11) is 3.30. The van der Waals surface area contributed by atoms with Gasteiger partial charge in [0.25, 0.3) is 0 Å². The molecule has 0 saturated carbocycles. The van der Waals surface area contributed by atoms with Crippen LogP contribution in [-0.2, 0) is 11.4 Å². The number of oxime groups is 1. The maximum atomic E-state index is 9.12. The molecule has 27 heavy (non-hydrogen) atoms. The van der Waals surface area contributed by atoms with E-state index in [9.17, 15) is 0 Å². The zero-order chi connectivity index (χ0) is 19.1. The van der Waals surface area contributed by atoms with Crippen molar-refractivity contribution in [1.82, 2.24) is 0 Å². The summed E-state index contributed by atoms with van der Waals surface area (Å²) < 4.78 is 11.1. The monoisotopic (exact) mass is 365 g/mol. The Morgan fingerprint density at radius 1 is 1.11 bits per heavy atom. The third-order valence-corrected chi connectivity index (χ3v) is 4.60. The lowest BCUT2D eigenvalue weighted by molar-refractivity contribution is 0.132. The third-order valence-electron chi connectivity index (χ3n) is 4.60. The minimum atomic E-state index is 0.228. The molecular formula is C21H23N3O3. The van der Waals surface area contributed by atoms with Gasteiger partial charge in [-0.15, -0.1) is 0 Å². The summed E-state index contributed by atoms with van der Waals surface area (Å²) in [4.78, 5) is 7.68. The lowest BCUT2D eigenvalue weighted by Gasteiger charge is -2.22. The van der Waals surface area contributed by atoms with E-state index in [-0.39, 0.29) is 6.61 Å². The van der Waals surface area contributed by atoms with Gasteiger partial charge in [0, 0.05) is 30.3 Å². The molecule has 6 nitrogen and oxygen atoms in total. The summed E-state index contributed by atoms with van der Waals surface area (Å²) in [5, 5.41) is 13.2. The zero-order valence-corrected chi connectivity index (χ0v) is 15.6. The van der Waals surface area contributed by atoms with Crippen molar-refractivity contribution in [1.29, 1.82) is 5.26 Å². The first kappa shape index (κ1) is 18.6. The molecule has 0 N–H and O–H groups in total. The number of hydrogen-bond donors (Lipinski definition) is 0. The molecule has 1 aliphatic heterocycles. The summed E-state index contributed by atoms with van der Waals surface area (Å²) in [6.45, 7) is 2.27. The Morgan fingerprint density at radius 2 is 1.85 bits per heavy atom. The quantitative estimate of drug-likeness (QED) is 0.552. The van der Waals surface area contributed by atoms with Gasteiger partial charge in [0.2, 0.25) is 0 Å².